The lowest BCUT2D eigenvalue weighted by molar-refractivity contribution is 0.0950. The lowest BCUT2D eigenvalue weighted by atomic mass is 10.3. The number of benzene rings is 1. The van der Waals surface area contributed by atoms with Crippen LogP contribution in [0.1, 0.15) is 16.8 Å². The minimum atomic E-state index is -0.152. The van der Waals surface area contributed by atoms with E-state index in [2.05, 4.69) is 21.2 Å². The van der Waals surface area contributed by atoms with Gasteiger partial charge < -0.3 is 14.5 Å². The Kier molecular flexibility index (Phi) is 5.03. The summed E-state index contributed by atoms with van der Waals surface area (Å²) in [4.78, 5) is 11.7. The van der Waals surface area contributed by atoms with Crippen LogP contribution in [-0.2, 0) is 0 Å². The first kappa shape index (κ1) is 13.7. The molecular formula is C14H14BrNO3. The molecule has 1 amide bonds. The molecular weight excluding hydrogens is 310 g/mol. The fourth-order valence-electron chi connectivity index (χ4n) is 1.53. The van der Waals surface area contributed by atoms with Crippen LogP contribution in [0, 0.1) is 0 Å². The molecule has 0 atom stereocenters. The molecule has 1 heterocycles. The fraction of sp³-hybridized carbons (Fsp3) is 0.214. The number of nitrogens with one attached hydrogen (secondary N) is 1. The molecule has 100 valence electrons. The molecule has 0 saturated heterocycles. The number of amides is 1. The first-order valence-corrected chi connectivity index (χ1v) is 6.75. The van der Waals surface area contributed by atoms with E-state index in [9.17, 15) is 4.79 Å². The highest BCUT2D eigenvalue weighted by atomic mass is 79.9. The third-order valence-corrected chi connectivity index (χ3v) is 3.10. The number of furan rings is 1. The zero-order valence-electron chi connectivity index (χ0n) is 10.3. The van der Waals surface area contributed by atoms with Crippen LogP contribution in [0.3, 0.4) is 0 Å². The highest BCUT2D eigenvalue weighted by molar-refractivity contribution is 9.10. The largest absolute Gasteiger partial charge is 0.494 e. The molecule has 0 aliphatic carbocycles. The number of carbonyl (C=O) groups is 1. The Morgan fingerprint density at radius 2 is 2.05 bits per heavy atom. The number of hydrogen-bond donors (Lipinski definition) is 1. The second-order valence-electron chi connectivity index (χ2n) is 3.88. The van der Waals surface area contributed by atoms with Crippen molar-refractivity contribution >= 4 is 21.8 Å². The van der Waals surface area contributed by atoms with Gasteiger partial charge in [0.25, 0.3) is 5.91 Å². The summed E-state index contributed by atoms with van der Waals surface area (Å²) >= 11 is 3.17. The third-order valence-electron chi connectivity index (χ3n) is 2.48. The minimum absolute atomic E-state index is 0.152. The summed E-state index contributed by atoms with van der Waals surface area (Å²) in [5.74, 6) is 0.687. The summed E-state index contributed by atoms with van der Waals surface area (Å²) < 4.78 is 11.0. The van der Waals surface area contributed by atoms with Crippen molar-refractivity contribution in [3.8, 4) is 5.75 Å². The lowest BCUT2D eigenvalue weighted by Crippen LogP contribution is -2.25. The molecule has 0 aliphatic rings. The molecule has 0 radical (unpaired) electrons. The van der Waals surface area contributed by atoms with Crippen molar-refractivity contribution in [2.75, 3.05) is 13.2 Å². The molecule has 0 bridgehead atoms. The molecule has 0 saturated carbocycles. The van der Waals surface area contributed by atoms with E-state index in [1.807, 2.05) is 30.3 Å². The van der Waals surface area contributed by atoms with Gasteiger partial charge >= 0.3 is 0 Å². The van der Waals surface area contributed by atoms with Crippen LogP contribution in [-0.4, -0.2) is 19.1 Å². The van der Waals surface area contributed by atoms with Crippen LogP contribution in [0.4, 0.5) is 0 Å². The zero-order chi connectivity index (χ0) is 13.5. The normalized spacial score (nSPS) is 10.2. The average molecular weight is 324 g/mol. The molecule has 0 spiro atoms. The van der Waals surface area contributed by atoms with E-state index in [0.717, 1.165) is 12.2 Å². The zero-order valence-corrected chi connectivity index (χ0v) is 11.9. The topological polar surface area (TPSA) is 51.5 Å². The number of para-hydroxylation sites is 1. The van der Waals surface area contributed by atoms with Crippen molar-refractivity contribution < 1.29 is 13.9 Å². The van der Waals surface area contributed by atoms with Crippen molar-refractivity contribution in [2.24, 2.45) is 0 Å². The Bertz CT molecular complexity index is 524. The summed E-state index contributed by atoms with van der Waals surface area (Å²) in [5, 5.41) is 2.80. The van der Waals surface area contributed by atoms with Gasteiger partial charge in [0.15, 0.2) is 4.67 Å². The maximum Gasteiger partial charge on any atom is 0.255 e. The smallest absolute Gasteiger partial charge is 0.255 e. The lowest BCUT2D eigenvalue weighted by Gasteiger charge is -2.06. The summed E-state index contributed by atoms with van der Waals surface area (Å²) in [6, 6.07) is 11.2. The molecule has 5 heteroatoms. The number of ether oxygens (including phenoxy) is 1. The van der Waals surface area contributed by atoms with Crippen LogP contribution in [0.2, 0.25) is 0 Å². The molecule has 4 nitrogen and oxygen atoms in total. The third kappa shape index (κ3) is 4.13. The van der Waals surface area contributed by atoms with Gasteiger partial charge in [0.1, 0.15) is 5.75 Å². The van der Waals surface area contributed by atoms with Gasteiger partial charge in [0.2, 0.25) is 0 Å². The van der Waals surface area contributed by atoms with E-state index >= 15 is 0 Å². The number of hydrogen-bond acceptors (Lipinski definition) is 3. The van der Waals surface area contributed by atoms with Gasteiger partial charge in [-0.1, -0.05) is 18.2 Å². The van der Waals surface area contributed by atoms with Crippen LogP contribution < -0.4 is 10.1 Å². The Labute approximate surface area is 119 Å². The van der Waals surface area contributed by atoms with Crippen LogP contribution >= 0.6 is 15.9 Å². The van der Waals surface area contributed by atoms with Gasteiger partial charge in [-0.2, -0.15) is 0 Å². The molecule has 1 aromatic carbocycles. The van der Waals surface area contributed by atoms with E-state index < -0.39 is 0 Å². The summed E-state index contributed by atoms with van der Waals surface area (Å²) in [6.45, 7) is 1.13. The van der Waals surface area contributed by atoms with E-state index in [4.69, 9.17) is 9.15 Å². The average Bonchev–Trinajstić information content (AvgIpc) is 2.86. The van der Waals surface area contributed by atoms with Crippen molar-refractivity contribution in [2.45, 2.75) is 6.42 Å². The summed E-state index contributed by atoms with van der Waals surface area (Å²) in [7, 11) is 0. The maximum atomic E-state index is 11.7. The minimum Gasteiger partial charge on any atom is -0.494 e. The van der Waals surface area contributed by atoms with Crippen molar-refractivity contribution in [3.63, 3.8) is 0 Å². The van der Waals surface area contributed by atoms with Crippen molar-refractivity contribution in [3.05, 3.63) is 52.9 Å². The second-order valence-corrected chi connectivity index (χ2v) is 4.60. The van der Waals surface area contributed by atoms with Crippen LogP contribution in [0.25, 0.3) is 0 Å². The van der Waals surface area contributed by atoms with E-state index in [-0.39, 0.29) is 5.91 Å². The molecule has 0 unspecified atom stereocenters. The van der Waals surface area contributed by atoms with Crippen LogP contribution in [0.15, 0.2) is 51.7 Å². The van der Waals surface area contributed by atoms with Gasteiger partial charge in [-0.15, -0.1) is 0 Å². The van der Waals surface area contributed by atoms with Gasteiger partial charge in [0.05, 0.1) is 18.4 Å². The Morgan fingerprint density at radius 3 is 2.74 bits per heavy atom. The number of carbonyl (C=O) groups excluding carboxylic acids is 1. The first-order chi connectivity index (χ1) is 9.27. The van der Waals surface area contributed by atoms with Crippen molar-refractivity contribution in [1.82, 2.24) is 5.32 Å². The van der Waals surface area contributed by atoms with Gasteiger partial charge in [-0.05, 0) is 40.5 Å². The van der Waals surface area contributed by atoms with Gasteiger partial charge in [0, 0.05) is 6.54 Å². The van der Waals surface area contributed by atoms with Gasteiger partial charge in [-0.3, -0.25) is 4.79 Å². The standard InChI is InChI=1S/C14H14BrNO3/c15-13-12(7-10-19-13)14(17)16-8-4-9-18-11-5-2-1-3-6-11/h1-3,5-7,10H,4,8-9H2,(H,16,17). The molecule has 1 N–H and O–H groups in total. The number of halogens is 1. The Balaban J connectivity index is 1.65. The van der Waals surface area contributed by atoms with Crippen LogP contribution in [0.5, 0.6) is 5.75 Å². The Morgan fingerprint density at radius 1 is 1.26 bits per heavy atom. The maximum absolute atomic E-state index is 11.7. The van der Waals surface area contributed by atoms with E-state index in [1.165, 1.54) is 6.26 Å². The predicted octanol–water partition coefficient (Wildman–Crippen LogP) is 3.24. The molecule has 0 aliphatic heterocycles. The molecule has 1 aromatic heterocycles. The quantitative estimate of drug-likeness (QED) is 0.830. The number of rotatable bonds is 6. The predicted molar refractivity (Wildman–Crippen MR) is 75.3 cm³/mol. The van der Waals surface area contributed by atoms with E-state index in [1.54, 1.807) is 6.07 Å². The Hall–Kier alpha value is -1.75. The molecule has 19 heavy (non-hydrogen) atoms. The monoisotopic (exact) mass is 323 g/mol. The summed E-state index contributed by atoms with van der Waals surface area (Å²) in [6.07, 6.45) is 2.22. The first-order valence-electron chi connectivity index (χ1n) is 5.96. The second kappa shape index (κ2) is 6.99. The highest BCUT2D eigenvalue weighted by Crippen LogP contribution is 2.17. The summed E-state index contributed by atoms with van der Waals surface area (Å²) in [5.41, 5.74) is 0.504. The SMILES string of the molecule is O=C(NCCCOc1ccccc1)c1ccoc1Br. The molecule has 2 rings (SSSR count). The molecule has 2 aromatic rings. The molecule has 0 fully saturated rings. The highest BCUT2D eigenvalue weighted by Gasteiger charge is 2.11. The van der Waals surface area contributed by atoms with E-state index in [0.29, 0.717) is 23.4 Å². The van der Waals surface area contributed by atoms with Crippen molar-refractivity contribution in [1.29, 1.82) is 0 Å². The fourth-order valence-corrected chi connectivity index (χ4v) is 1.95. The van der Waals surface area contributed by atoms with Gasteiger partial charge in [-0.25, -0.2) is 0 Å².